The fourth-order valence-electron chi connectivity index (χ4n) is 2.78. The Hall–Kier alpha value is -3.40. The SMILES string of the molecule is COc1ccc(OC)c(NC(=O)CSc2nnc(-c3cccc(OC(C)C)c3)n2N)c1. The van der Waals surface area contributed by atoms with Crippen molar-refractivity contribution in [2.75, 3.05) is 31.1 Å². The summed E-state index contributed by atoms with van der Waals surface area (Å²) in [4.78, 5) is 12.4. The number of amides is 1. The summed E-state index contributed by atoms with van der Waals surface area (Å²) in [6.45, 7) is 3.91. The minimum absolute atomic E-state index is 0.0545. The smallest absolute Gasteiger partial charge is 0.234 e. The Morgan fingerprint density at radius 3 is 2.65 bits per heavy atom. The number of thioether (sulfide) groups is 1. The van der Waals surface area contributed by atoms with Crippen molar-refractivity contribution in [3.8, 4) is 28.6 Å². The van der Waals surface area contributed by atoms with Crippen molar-refractivity contribution in [1.82, 2.24) is 14.9 Å². The number of hydrogen-bond donors (Lipinski definition) is 2. The van der Waals surface area contributed by atoms with Crippen LogP contribution in [0.4, 0.5) is 5.69 Å². The number of hydrogen-bond acceptors (Lipinski definition) is 8. The van der Waals surface area contributed by atoms with Gasteiger partial charge in [-0.25, -0.2) is 4.68 Å². The highest BCUT2D eigenvalue weighted by molar-refractivity contribution is 7.99. The van der Waals surface area contributed by atoms with E-state index < -0.39 is 0 Å². The van der Waals surface area contributed by atoms with Gasteiger partial charge < -0.3 is 25.4 Å². The Morgan fingerprint density at radius 2 is 1.94 bits per heavy atom. The molecular weight excluding hydrogens is 418 g/mol. The van der Waals surface area contributed by atoms with Gasteiger partial charge in [0.05, 0.1) is 31.8 Å². The third kappa shape index (κ3) is 5.60. The molecule has 0 unspecified atom stereocenters. The largest absolute Gasteiger partial charge is 0.497 e. The van der Waals surface area contributed by atoms with Gasteiger partial charge in [-0.3, -0.25) is 4.79 Å². The molecule has 0 aliphatic heterocycles. The van der Waals surface area contributed by atoms with Crippen molar-refractivity contribution >= 4 is 23.4 Å². The Bertz CT molecular complexity index is 1050. The van der Waals surface area contributed by atoms with Crippen molar-refractivity contribution in [3.05, 3.63) is 42.5 Å². The van der Waals surface area contributed by atoms with E-state index in [4.69, 9.17) is 20.1 Å². The highest BCUT2D eigenvalue weighted by Gasteiger charge is 2.16. The Morgan fingerprint density at radius 1 is 1.13 bits per heavy atom. The summed E-state index contributed by atoms with van der Waals surface area (Å²) in [5, 5.41) is 11.5. The molecular formula is C21H25N5O4S. The van der Waals surface area contributed by atoms with E-state index in [2.05, 4.69) is 15.5 Å². The quantitative estimate of drug-likeness (QED) is 0.383. The van der Waals surface area contributed by atoms with Gasteiger partial charge in [0.1, 0.15) is 17.2 Å². The number of nitrogens with one attached hydrogen (secondary N) is 1. The van der Waals surface area contributed by atoms with Gasteiger partial charge in [0.25, 0.3) is 0 Å². The monoisotopic (exact) mass is 443 g/mol. The first-order valence-electron chi connectivity index (χ1n) is 9.53. The molecule has 31 heavy (non-hydrogen) atoms. The number of nitrogens with zero attached hydrogens (tertiary/aromatic N) is 3. The predicted molar refractivity (Wildman–Crippen MR) is 120 cm³/mol. The number of rotatable bonds is 9. The van der Waals surface area contributed by atoms with Crippen molar-refractivity contribution in [3.63, 3.8) is 0 Å². The number of benzene rings is 2. The molecule has 1 heterocycles. The van der Waals surface area contributed by atoms with Crippen molar-refractivity contribution < 1.29 is 19.0 Å². The van der Waals surface area contributed by atoms with E-state index in [0.29, 0.717) is 28.2 Å². The van der Waals surface area contributed by atoms with E-state index >= 15 is 0 Å². The highest BCUT2D eigenvalue weighted by atomic mass is 32.2. The van der Waals surface area contributed by atoms with Gasteiger partial charge in [-0.2, -0.15) is 0 Å². The molecule has 2 aromatic carbocycles. The third-order valence-corrected chi connectivity index (χ3v) is 5.08. The van der Waals surface area contributed by atoms with Crippen LogP contribution in [0.3, 0.4) is 0 Å². The van der Waals surface area contributed by atoms with Crippen molar-refractivity contribution in [2.45, 2.75) is 25.1 Å². The lowest BCUT2D eigenvalue weighted by Crippen LogP contribution is -2.17. The van der Waals surface area contributed by atoms with Crippen LogP contribution < -0.4 is 25.4 Å². The summed E-state index contributed by atoms with van der Waals surface area (Å²) in [6.07, 6.45) is 0.0545. The Kier molecular flexibility index (Phi) is 7.24. The van der Waals surface area contributed by atoms with E-state index in [-0.39, 0.29) is 17.8 Å². The molecule has 3 N–H and O–H groups in total. The van der Waals surface area contributed by atoms with Crippen LogP contribution in [0, 0.1) is 0 Å². The summed E-state index contributed by atoms with van der Waals surface area (Å²) in [5.41, 5.74) is 1.29. The number of methoxy groups -OCH3 is 2. The molecule has 0 radical (unpaired) electrons. The van der Waals surface area contributed by atoms with Crippen LogP contribution in [0.25, 0.3) is 11.4 Å². The number of aromatic nitrogens is 3. The molecule has 0 bridgehead atoms. The fraction of sp³-hybridized carbons (Fsp3) is 0.286. The topological polar surface area (TPSA) is 114 Å². The number of anilines is 1. The maximum absolute atomic E-state index is 12.4. The fourth-order valence-corrected chi connectivity index (χ4v) is 3.44. The summed E-state index contributed by atoms with van der Waals surface area (Å²) in [7, 11) is 3.09. The number of carbonyl (C=O) groups excluding carboxylic acids is 1. The lowest BCUT2D eigenvalue weighted by Gasteiger charge is -2.11. The molecule has 3 rings (SSSR count). The minimum Gasteiger partial charge on any atom is -0.497 e. The number of carbonyl (C=O) groups is 1. The maximum atomic E-state index is 12.4. The van der Waals surface area contributed by atoms with E-state index in [1.807, 2.05) is 38.1 Å². The normalized spacial score (nSPS) is 10.7. The molecule has 0 aliphatic carbocycles. The van der Waals surface area contributed by atoms with Gasteiger partial charge >= 0.3 is 0 Å². The molecule has 3 aromatic rings. The van der Waals surface area contributed by atoms with E-state index in [0.717, 1.165) is 11.3 Å². The van der Waals surface area contributed by atoms with Crippen LogP contribution in [0.2, 0.25) is 0 Å². The summed E-state index contributed by atoms with van der Waals surface area (Å²) in [6, 6.07) is 12.6. The number of nitrogen functional groups attached to an aromatic ring is 1. The first-order valence-corrected chi connectivity index (χ1v) is 10.5. The van der Waals surface area contributed by atoms with Gasteiger partial charge in [0.2, 0.25) is 11.1 Å². The predicted octanol–water partition coefficient (Wildman–Crippen LogP) is 3.19. The molecule has 1 aromatic heterocycles. The zero-order valence-corrected chi connectivity index (χ0v) is 18.6. The summed E-state index contributed by atoms with van der Waals surface area (Å²) >= 11 is 1.18. The van der Waals surface area contributed by atoms with Gasteiger partial charge in [0.15, 0.2) is 5.82 Å². The van der Waals surface area contributed by atoms with Crippen molar-refractivity contribution in [2.24, 2.45) is 0 Å². The first kappa shape index (κ1) is 22.3. The molecule has 10 heteroatoms. The van der Waals surface area contributed by atoms with Crippen LogP contribution in [-0.2, 0) is 4.79 Å². The van der Waals surface area contributed by atoms with Crippen molar-refractivity contribution in [1.29, 1.82) is 0 Å². The van der Waals surface area contributed by atoms with Gasteiger partial charge in [-0.15, -0.1) is 10.2 Å². The standard InChI is InChI=1S/C21H25N5O4S/c1-13(2)30-16-7-5-6-14(10-16)20-24-25-21(26(20)22)31-12-19(27)23-17-11-15(28-3)8-9-18(17)29-4/h5-11,13H,12,22H2,1-4H3,(H,23,27). The average Bonchev–Trinajstić information content (AvgIpc) is 3.12. The summed E-state index contributed by atoms with van der Waals surface area (Å²) in [5.74, 6) is 8.36. The average molecular weight is 444 g/mol. The lowest BCUT2D eigenvalue weighted by molar-refractivity contribution is -0.113. The summed E-state index contributed by atoms with van der Waals surface area (Å²) < 4.78 is 17.6. The van der Waals surface area contributed by atoms with Gasteiger partial charge in [-0.1, -0.05) is 23.9 Å². The van der Waals surface area contributed by atoms with Gasteiger partial charge in [-0.05, 0) is 38.1 Å². The number of nitrogens with two attached hydrogens (primary N) is 1. The highest BCUT2D eigenvalue weighted by Crippen LogP contribution is 2.29. The second kappa shape index (κ2) is 10.1. The second-order valence-electron chi connectivity index (χ2n) is 6.77. The third-order valence-electron chi connectivity index (χ3n) is 4.14. The number of ether oxygens (including phenoxy) is 3. The van der Waals surface area contributed by atoms with Crippen LogP contribution >= 0.6 is 11.8 Å². The molecule has 164 valence electrons. The van der Waals surface area contributed by atoms with Crippen LogP contribution in [0.5, 0.6) is 17.2 Å². The molecule has 0 fully saturated rings. The van der Waals surface area contributed by atoms with E-state index in [9.17, 15) is 4.79 Å². The maximum Gasteiger partial charge on any atom is 0.234 e. The first-order chi connectivity index (χ1) is 14.9. The van der Waals surface area contributed by atoms with Gasteiger partial charge in [0, 0.05) is 11.6 Å². The molecule has 9 nitrogen and oxygen atoms in total. The van der Waals surface area contributed by atoms with Crippen LogP contribution in [-0.4, -0.2) is 46.9 Å². The molecule has 0 atom stereocenters. The van der Waals surface area contributed by atoms with Crippen LogP contribution in [0.1, 0.15) is 13.8 Å². The Labute approximate surface area is 184 Å². The van der Waals surface area contributed by atoms with E-state index in [1.165, 1.54) is 23.5 Å². The zero-order valence-electron chi connectivity index (χ0n) is 17.8. The lowest BCUT2D eigenvalue weighted by atomic mass is 10.2. The second-order valence-corrected chi connectivity index (χ2v) is 7.72. The molecule has 1 amide bonds. The Balaban J connectivity index is 1.67. The molecule has 0 aliphatic rings. The zero-order chi connectivity index (χ0) is 22.4. The molecule has 0 spiro atoms. The van der Waals surface area contributed by atoms with E-state index in [1.54, 1.807) is 25.3 Å². The molecule has 0 saturated carbocycles. The van der Waals surface area contributed by atoms with Crippen LogP contribution in [0.15, 0.2) is 47.6 Å². The minimum atomic E-state index is -0.242. The molecule has 0 saturated heterocycles.